The van der Waals surface area contributed by atoms with Gasteiger partial charge in [-0.3, -0.25) is 0 Å². The lowest BCUT2D eigenvalue weighted by molar-refractivity contribution is -0.149. The van der Waals surface area contributed by atoms with E-state index in [2.05, 4.69) is 0 Å². The Bertz CT molecular complexity index is 561. The Hall–Kier alpha value is -1.59. The van der Waals surface area contributed by atoms with Gasteiger partial charge in [-0.15, -0.1) is 11.3 Å². The molecular formula is C13H14O4S. The smallest absolute Gasteiger partial charge is 0.333 e. The van der Waals surface area contributed by atoms with Crippen molar-refractivity contribution >= 4 is 27.4 Å². The highest BCUT2D eigenvalue weighted by molar-refractivity contribution is 7.17. The van der Waals surface area contributed by atoms with Crippen molar-refractivity contribution in [2.45, 2.75) is 19.4 Å². The van der Waals surface area contributed by atoms with Crippen LogP contribution in [0.25, 0.3) is 10.1 Å². The molecule has 0 amide bonds. The molecule has 1 heterocycles. The molecule has 0 bridgehead atoms. The van der Waals surface area contributed by atoms with Crippen LogP contribution in [0.2, 0.25) is 0 Å². The number of benzene rings is 1. The molecule has 5 heteroatoms. The van der Waals surface area contributed by atoms with Crippen LogP contribution in [0.5, 0.6) is 5.75 Å². The van der Waals surface area contributed by atoms with Crippen molar-refractivity contribution in [2.75, 3.05) is 6.61 Å². The van der Waals surface area contributed by atoms with Crippen molar-refractivity contribution in [3.05, 3.63) is 29.1 Å². The third-order valence-corrected chi connectivity index (χ3v) is 3.71. The van der Waals surface area contributed by atoms with E-state index in [-0.39, 0.29) is 5.75 Å². The maximum Gasteiger partial charge on any atom is 0.333 e. The number of fused-ring (bicyclic) bond motifs is 1. The third kappa shape index (κ3) is 2.47. The Morgan fingerprint density at radius 1 is 1.44 bits per heavy atom. The minimum Gasteiger partial charge on any atom is -0.507 e. The first kappa shape index (κ1) is 12.9. The number of ether oxygens (including phenoxy) is 1. The Morgan fingerprint density at radius 3 is 2.89 bits per heavy atom. The van der Waals surface area contributed by atoms with Gasteiger partial charge in [0.15, 0.2) is 6.10 Å². The van der Waals surface area contributed by atoms with Crippen molar-refractivity contribution in [3.63, 3.8) is 0 Å². The van der Waals surface area contributed by atoms with Gasteiger partial charge in [0.2, 0.25) is 0 Å². The summed E-state index contributed by atoms with van der Waals surface area (Å²) in [7, 11) is 0. The Labute approximate surface area is 108 Å². The van der Waals surface area contributed by atoms with Gasteiger partial charge in [0, 0.05) is 23.1 Å². The first-order chi connectivity index (χ1) is 8.63. The highest BCUT2D eigenvalue weighted by atomic mass is 32.1. The number of hydrogen-bond acceptors (Lipinski definition) is 4. The molecule has 4 nitrogen and oxygen atoms in total. The molecule has 0 aliphatic heterocycles. The van der Waals surface area contributed by atoms with Crippen molar-refractivity contribution < 1.29 is 19.7 Å². The lowest BCUT2D eigenvalue weighted by Crippen LogP contribution is -2.26. The molecular weight excluding hydrogens is 252 g/mol. The number of aliphatic carboxylic acids is 1. The van der Waals surface area contributed by atoms with E-state index in [4.69, 9.17) is 9.84 Å². The minimum atomic E-state index is -0.963. The van der Waals surface area contributed by atoms with Crippen LogP contribution in [-0.4, -0.2) is 28.9 Å². The summed E-state index contributed by atoms with van der Waals surface area (Å²) in [4.78, 5) is 11.1. The van der Waals surface area contributed by atoms with Gasteiger partial charge in [0.25, 0.3) is 0 Å². The summed E-state index contributed by atoms with van der Waals surface area (Å²) in [5.74, 6) is -0.743. The van der Waals surface area contributed by atoms with Gasteiger partial charge in [-0.1, -0.05) is 6.07 Å². The molecule has 1 atom stereocenters. The van der Waals surface area contributed by atoms with Crippen molar-refractivity contribution in [2.24, 2.45) is 0 Å². The van der Waals surface area contributed by atoms with E-state index >= 15 is 0 Å². The molecule has 1 aromatic carbocycles. The molecule has 0 saturated heterocycles. The molecule has 0 aliphatic carbocycles. The van der Waals surface area contributed by atoms with Crippen LogP contribution < -0.4 is 0 Å². The van der Waals surface area contributed by atoms with Crippen LogP contribution in [0.15, 0.2) is 23.6 Å². The van der Waals surface area contributed by atoms with Gasteiger partial charge < -0.3 is 14.9 Å². The molecule has 0 spiro atoms. The van der Waals surface area contributed by atoms with Crippen molar-refractivity contribution in [3.8, 4) is 5.75 Å². The van der Waals surface area contributed by atoms with E-state index in [1.165, 1.54) is 11.3 Å². The van der Waals surface area contributed by atoms with Gasteiger partial charge >= 0.3 is 5.97 Å². The molecule has 2 N–H and O–H groups in total. The van der Waals surface area contributed by atoms with Crippen molar-refractivity contribution in [1.82, 2.24) is 0 Å². The predicted molar refractivity (Wildman–Crippen MR) is 70.2 cm³/mol. The van der Waals surface area contributed by atoms with Crippen LogP contribution in [0.4, 0.5) is 0 Å². The third-order valence-electron chi connectivity index (χ3n) is 2.72. The van der Waals surface area contributed by atoms with Gasteiger partial charge in [-0.05, 0) is 30.0 Å². The van der Waals surface area contributed by atoms with E-state index in [1.54, 1.807) is 19.1 Å². The second-order valence-corrected chi connectivity index (χ2v) is 4.81. The van der Waals surface area contributed by atoms with Crippen LogP contribution in [0.3, 0.4) is 0 Å². The van der Waals surface area contributed by atoms with Gasteiger partial charge in [-0.25, -0.2) is 4.79 Å². The average molecular weight is 266 g/mol. The Kier molecular flexibility index (Phi) is 3.84. The molecule has 1 aromatic heterocycles. The van der Waals surface area contributed by atoms with E-state index in [9.17, 15) is 9.90 Å². The number of hydrogen-bond donors (Lipinski definition) is 2. The summed E-state index contributed by atoms with van der Waals surface area (Å²) in [5, 5.41) is 21.4. The molecule has 0 radical (unpaired) electrons. The second-order valence-electron chi connectivity index (χ2n) is 3.89. The highest BCUT2D eigenvalue weighted by Gasteiger charge is 2.20. The second kappa shape index (κ2) is 5.37. The first-order valence-corrected chi connectivity index (χ1v) is 6.54. The first-order valence-electron chi connectivity index (χ1n) is 5.66. The molecule has 0 saturated carbocycles. The largest absolute Gasteiger partial charge is 0.507 e. The monoisotopic (exact) mass is 266 g/mol. The summed E-state index contributed by atoms with van der Waals surface area (Å²) >= 11 is 1.49. The number of thiophene rings is 1. The van der Waals surface area contributed by atoms with Crippen LogP contribution in [0.1, 0.15) is 12.5 Å². The molecule has 0 fully saturated rings. The lowest BCUT2D eigenvalue weighted by atomic mass is 10.1. The number of carboxylic acids is 1. The summed E-state index contributed by atoms with van der Waals surface area (Å²) in [5.41, 5.74) is 0.888. The Balaban J connectivity index is 2.33. The zero-order valence-corrected chi connectivity index (χ0v) is 10.7. The molecule has 1 unspecified atom stereocenters. The van der Waals surface area contributed by atoms with E-state index < -0.39 is 12.1 Å². The van der Waals surface area contributed by atoms with Crippen LogP contribution in [0, 0.1) is 0 Å². The normalized spacial score (nSPS) is 12.7. The lowest BCUT2D eigenvalue weighted by Gasteiger charge is -2.13. The molecule has 2 aromatic rings. The summed E-state index contributed by atoms with van der Waals surface area (Å²) in [6, 6.07) is 5.17. The van der Waals surface area contributed by atoms with Crippen molar-refractivity contribution in [1.29, 1.82) is 0 Å². The maximum absolute atomic E-state index is 11.1. The van der Waals surface area contributed by atoms with Crippen LogP contribution in [-0.2, 0) is 16.0 Å². The number of carboxylic acid groups (broad SMARTS) is 1. The average Bonchev–Trinajstić information content (AvgIpc) is 2.81. The van der Waals surface area contributed by atoms with Gasteiger partial charge in [0.05, 0.1) is 0 Å². The number of phenolic OH excluding ortho intramolecular Hbond substituents is 1. The standard InChI is InChI=1S/C13H14O4S/c1-2-17-11(13(15)16)7-8-3-4-10(14)9-5-6-18-12(8)9/h3-6,11,14H,2,7H2,1H3,(H,15,16). The number of carbonyl (C=O) groups is 1. The zero-order valence-electron chi connectivity index (χ0n) is 9.92. The highest BCUT2D eigenvalue weighted by Crippen LogP contribution is 2.32. The summed E-state index contributed by atoms with van der Waals surface area (Å²) in [6.45, 7) is 2.14. The fourth-order valence-corrected chi connectivity index (χ4v) is 2.83. The van der Waals surface area contributed by atoms with E-state index in [0.29, 0.717) is 13.0 Å². The maximum atomic E-state index is 11.1. The predicted octanol–water partition coefficient (Wildman–Crippen LogP) is 2.64. The quantitative estimate of drug-likeness (QED) is 0.873. The van der Waals surface area contributed by atoms with Gasteiger partial charge in [0.1, 0.15) is 5.75 Å². The molecule has 2 rings (SSSR count). The zero-order chi connectivity index (χ0) is 13.1. The van der Waals surface area contributed by atoms with E-state index in [1.807, 2.05) is 11.4 Å². The molecule has 96 valence electrons. The number of phenols is 1. The topological polar surface area (TPSA) is 66.8 Å². The summed E-state index contributed by atoms with van der Waals surface area (Å²) in [6.07, 6.45) is -0.537. The minimum absolute atomic E-state index is 0.221. The van der Waals surface area contributed by atoms with E-state index in [0.717, 1.165) is 15.6 Å². The Morgan fingerprint density at radius 2 is 2.22 bits per heavy atom. The fourth-order valence-electron chi connectivity index (χ4n) is 1.88. The van der Waals surface area contributed by atoms with Crippen LogP contribution >= 0.6 is 11.3 Å². The van der Waals surface area contributed by atoms with Gasteiger partial charge in [-0.2, -0.15) is 0 Å². The molecule has 18 heavy (non-hydrogen) atoms. The number of aromatic hydroxyl groups is 1. The SMILES string of the molecule is CCOC(Cc1ccc(O)c2ccsc12)C(=O)O. The number of rotatable bonds is 5. The molecule has 0 aliphatic rings. The fraction of sp³-hybridized carbons (Fsp3) is 0.308. The summed E-state index contributed by atoms with van der Waals surface area (Å²) < 4.78 is 6.12.